The van der Waals surface area contributed by atoms with E-state index in [0.29, 0.717) is 12.1 Å². The maximum atomic E-state index is 5.93. The highest BCUT2D eigenvalue weighted by molar-refractivity contribution is 5.03. The molecule has 0 saturated heterocycles. The molecule has 17 heavy (non-hydrogen) atoms. The number of methoxy groups -OCH3 is 1. The van der Waals surface area contributed by atoms with E-state index in [1.165, 1.54) is 0 Å². The first-order chi connectivity index (χ1) is 7.95. The molecule has 0 amide bonds. The summed E-state index contributed by atoms with van der Waals surface area (Å²) >= 11 is 0. The standard InChI is InChI=1S/C14H30N2O/c1-6-14(7-2,9-15)10-16-11-8-12(17-5)13(11,3)4/h11-12,16H,6-10,15H2,1-5H3. The predicted octanol–water partition coefficient (Wildman–Crippen LogP) is 2.15. The lowest BCUT2D eigenvalue weighted by Crippen LogP contribution is -2.62. The van der Waals surface area contributed by atoms with E-state index in [2.05, 4.69) is 33.0 Å². The van der Waals surface area contributed by atoms with Crippen molar-refractivity contribution in [1.29, 1.82) is 0 Å². The molecule has 0 aliphatic heterocycles. The number of rotatable bonds is 7. The molecule has 1 aliphatic rings. The van der Waals surface area contributed by atoms with Gasteiger partial charge in [-0.05, 0) is 31.2 Å². The highest BCUT2D eigenvalue weighted by atomic mass is 16.5. The summed E-state index contributed by atoms with van der Waals surface area (Å²) in [5, 5.41) is 3.71. The first-order valence-electron chi connectivity index (χ1n) is 6.92. The van der Waals surface area contributed by atoms with Crippen LogP contribution in [0.1, 0.15) is 47.0 Å². The summed E-state index contributed by atoms with van der Waals surface area (Å²) in [6.07, 6.45) is 3.81. The lowest BCUT2D eigenvalue weighted by Gasteiger charge is -2.52. The van der Waals surface area contributed by atoms with Crippen molar-refractivity contribution >= 4 is 0 Å². The van der Waals surface area contributed by atoms with E-state index in [9.17, 15) is 0 Å². The quantitative estimate of drug-likeness (QED) is 0.719. The van der Waals surface area contributed by atoms with Crippen molar-refractivity contribution in [1.82, 2.24) is 5.32 Å². The van der Waals surface area contributed by atoms with Crippen LogP contribution >= 0.6 is 0 Å². The SMILES string of the molecule is CCC(CC)(CN)CNC1CC(OC)C1(C)C. The Balaban J connectivity index is 2.47. The number of nitrogens with two attached hydrogens (primary N) is 1. The van der Waals surface area contributed by atoms with Crippen molar-refractivity contribution in [2.45, 2.75) is 59.1 Å². The Morgan fingerprint density at radius 2 is 1.94 bits per heavy atom. The van der Waals surface area contributed by atoms with Crippen LogP contribution in [0.25, 0.3) is 0 Å². The average molecular weight is 242 g/mol. The van der Waals surface area contributed by atoms with Crippen molar-refractivity contribution in [2.24, 2.45) is 16.6 Å². The molecule has 3 N–H and O–H groups in total. The molecule has 0 aromatic heterocycles. The lowest BCUT2D eigenvalue weighted by atomic mass is 9.64. The zero-order valence-electron chi connectivity index (χ0n) is 12.2. The molecule has 2 unspecified atom stereocenters. The minimum absolute atomic E-state index is 0.247. The fraction of sp³-hybridized carbons (Fsp3) is 1.00. The second kappa shape index (κ2) is 5.68. The van der Waals surface area contributed by atoms with Crippen LogP contribution in [0.4, 0.5) is 0 Å². The summed E-state index contributed by atoms with van der Waals surface area (Å²) in [4.78, 5) is 0. The summed E-state index contributed by atoms with van der Waals surface area (Å²) in [6.45, 7) is 10.8. The van der Waals surface area contributed by atoms with Gasteiger partial charge in [-0.1, -0.05) is 27.7 Å². The third kappa shape index (κ3) is 2.83. The molecule has 0 radical (unpaired) electrons. The van der Waals surface area contributed by atoms with Gasteiger partial charge in [-0.15, -0.1) is 0 Å². The smallest absolute Gasteiger partial charge is 0.0652 e. The van der Waals surface area contributed by atoms with E-state index in [1.54, 1.807) is 0 Å². The molecule has 0 bridgehead atoms. The normalized spacial score (nSPS) is 27.9. The molecular weight excluding hydrogens is 212 g/mol. The minimum atomic E-state index is 0.247. The summed E-state index contributed by atoms with van der Waals surface area (Å²) in [7, 11) is 1.81. The molecule has 0 aromatic rings. The van der Waals surface area contributed by atoms with Crippen LogP contribution in [-0.2, 0) is 4.74 Å². The van der Waals surface area contributed by atoms with Crippen LogP contribution in [0, 0.1) is 10.8 Å². The molecule has 1 aliphatic carbocycles. The van der Waals surface area contributed by atoms with Crippen molar-refractivity contribution in [3.05, 3.63) is 0 Å². The summed E-state index contributed by atoms with van der Waals surface area (Å²) in [5.41, 5.74) is 6.45. The molecule has 3 heteroatoms. The van der Waals surface area contributed by atoms with E-state index in [1.807, 2.05) is 7.11 Å². The molecule has 0 heterocycles. The van der Waals surface area contributed by atoms with Gasteiger partial charge in [-0.3, -0.25) is 0 Å². The zero-order valence-corrected chi connectivity index (χ0v) is 12.2. The van der Waals surface area contributed by atoms with Gasteiger partial charge in [0.15, 0.2) is 0 Å². The van der Waals surface area contributed by atoms with Gasteiger partial charge < -0.3 is 15.8 Å². The second-order valence-electron chi connectivity index (χ2n) is 6.13. The Bertz CT molecular complexity index is 228. The number of hydrogen-bond acceptors (Lipinski definition) is 3. The van der Waals surface area contributed by atoms with Crippen LogP contribution in [0.2, 0.25) is 0 Å². The van der Waals surface area contributed by atoms with Crippen LogP contribution < -0.4 is 11.1 Å². The predicted molar refractivity (Wildman–Crippen MR) is 73.1 cm³/mol. The van der Waals surface area contributed by atoms with E-state index >= 15 is 0 Å². The van der Waals surface area contributed by atoms with Crippen molar-refractivity contribution in [3.63, 3.8) is 0 Å². The van der Waals surface area contributed by atoms with Crippen LogP contribution in [0.15, 0.2) is 0 Å². The maximum Gasteiger partial charge on any atom is 0.0652 e. The maximum absolute atomic E-state index is 5.93. The minimum Gasteiger partial charge on any atom is -0.381 e. The van der Waals surface area contributed by atoms with Crippen LogP contribution in [0.3, 0.4) is 0 Å². The first-order valence-corrected chi connectivity index (χ1v) is 6.92. The summed E-state index contributed by atoms with van der Waals surface area (Å²) < 4.78 is 5.48. The lowest BCUT2D eigenvalue weighted by molar-refractivity contribution is -0.0995. The van der Waals surface area contributed by atoms with Gasteiger partial charge in [-0.2, -0.15) is 0 Å². The monoisotopic (exact) mass is 242 g/mol. The molecule has 1 fully saturated rings. The third-order valence-electron chi connectivity index (χ3n) is 5.12. The number of ether oxygens (including phenoxy) is 1. The van der Waals surface area contributed by atoms with Gasteiger partial charge in [0.25, 0.3) is 0 Å². The highest BCUT2D eigenvalue weighted by Crippen LogP contribution is 2.42. The second-order valence-corrected chi connectivity index (χ2v) is 6.13. The Hall–Kier alpha value is -0.120. The molecule has 102 valence electrons. The first kappa shape index (κ1) is 14.9. The Morgan fingerprint density at radius 3 is 2.29 bits per heavy atom. The van der Waals surface area contributed by atoms with Gasteiger partial charge in [-0.25, -0.2) is 0 Å². The molecular formula is C14H30N2O. The Labute approximate surface area is 106 Å². The van der Waals surface area contributed by atoms with Gasteiger partial charge in [0.1, 0.15) is 0 Å². The fourth-order valence-electron chi connectivity index (χ4n) is 2.83. The summed E-state index contributed by atoms with van der Waals surface area (Å²) in [5.74, 6) is 0. The topological polar surface area (TPSA) is 47.3 Å². The number of hydrogen-bond donors (Lipinski definition) is 2. The van der Waals surface area contributed by atoms with Crippen molar-refractivity contribution in [3.8, 4) is 0 Å². The molecule has 1 rings (SSSR count). The number of nitrogens with one attached hydrogen (secondary N) is 1. The Morgan fingerprint density at radius 1 is 1.35 bits per heavy atom. The summed E-state index contributed by atoms with van der Waals surface area (Å²) in [6, 6.07) is 0.566. The van der Waals surface area contributed by atoms with Crippen molar-refractivity contribution in [2.75, 3.05) is 20.2 Å². The Kier molecular flexibility index (Phi) is 4.99. The molecule has 0 spiro atoms. The van der Waals surface area contributed by atoms with Crippen molar-refractivity contribution < 1.29 is 4.74 Å². The molecule has 1 saturated carbocycles. The van der Waals surface area contributed by atoms with Gasteiger partial charge >= 0.3 is 0 Å². The highest BCUT2D eigenvalue weighted by Gasteiger charge is 2.48. The zero-order chi connectivity index (χ0) is 13.1. The van der Waals surface area contributed by atoms with Crippen LogP contribution in [0.5, 0.6) is 0 Å². The molecule has 2 atom stereocenters. The van der Waals surface area contributed by atoms with E-state index < -0.39 is 0 Å². The van der Waals surface area contributed by atoms with E-state index in [4.69, 9.17) is 10.5 Å². The van der Waals surface area contributed by atoms with Crippen LogP contribution in [-0.4, -0.2) is 32.3 Å². The average Bonchev–Trinajstić information content (AvgIpc) is 2.34. The third-order valence-corrected chi connectivity index (χ3v) is 5.12. The van der Waals surface area contributed by atoms with E-state index in [-0.39, 0.29) is 10.8 Å². The largest absolute Gasteiger partial charge is 0.381 e. The van der Waals surface area contributed by atoms with Gasteiger partial charge in [0.05, 0.1) is 6.10 Å². The molecule has 0 aromatic carbocycles. The molecule has 3 nitrogen and oxygen atoms in total. The van der Waals surface area contributed by atoms with Gasteiger partial charge in [0.2, 0.25) is 0 Å². The van der Waals surface area contributed by atoms with Gasteiger partial charge in [0, 0.05) is 25.1 Å². The van der Waals surface area contributed by atoms with E-state index in [0.717, 1.165) is 32.4 Å². The fourth-order valence-corrected chi connectivity index (χ4v) is 2.83.